The molecule has 1 unspecified atom stereocenters. The van der Waals surface area contributed by atoms with Crippen molar-refractivity contribution < 1.29 is 0 Å². The van der Waals surface area contributed by atoms with Gasteiger partial charge in [0.05, 0.1) is 0 Å². The van der Waals surface area contributed by atoms with Gasteiger partial charge in [-0.1, -0.05) is 41.9 Å². The van der Waals surface area contributed by atoms with Crippen LogP contribution in [-0.2, 0) is 6.42 Å². The van der Waals surface area contributed by atoms with E-state index in [0.29, 0.717) is 0 Å². The minimum absolute atomic E-state index is 0.722. The molecule has 0 aliphatic heterocycles. The molecule has 2 nitrogen and oxygen atoms in total. The monoisotopic (exact) mass is 326 g/mol. The van der Waals surface area contributed by atoms with Gasteiger partial charge in [0, 0.05) is 17.6 Å². The van der Waals surface area contributed by atoms with Crippen molar-refractivity contribution in [2.45, 2.75) is 20.3 Å². The molecule has 108 valence electrons. The predicted octanol–water partition coefficient (Wildman–Crippen LogP) is 3.42. The third kappa shape index (κ3) is 6.55. The molecule has 3 heteroatoms. The average Bonchev–Trinajstić information content (AvgIpc) is 2.37. The fraction of sp³-hybridized carbons (Fsp3) is 0.625. The summed E-state index contributed by atoms with van der Waals surface area (Å²) >= 11 is 3.47. The van der Waals surface area contributed by atoms with Crippen LogP contribution < -0.4 is 5.32 Å². The molecule has 0 amide bonds. The van der Waals surface area contributed by atoms with Crippen LogP contribution in [0.3, 0.4) is 0 Å². The van der Waals surface area contributed by atoms with E-state index < -0.39 is 0 Å². The number of halogens is 1. The topological polar surface area (TPSA) is 15.3 Å². The number of likely N-dealkylation sites (N-methyl/N-ethyl adjacent to an activating group) is 1. The molecule has 1 aromatic carbocycles. The second kappa shape index (κ2) is 8.72. The average molecular weight is 327 g/mol. The third-order valence-corrected chi connectivity index (χ3v) is 4.18. The van der Waals surface area contributed by atoms with Crippen LogP contribution in [0.2, 0.25) is 0 Å². The lowest BCUT2D eigenvalue weighted by molar-refractivity contribution is 0.235. The first-order valence-electron chi connectivity index (χ1n) is 7.10. The normalized spacial score (nSPS) is 13.2. The molecule has 19 heavy (non-hydrogen) atoms. The van der Waals surface area contributed by atoms with E-state index in [-0.39, 0.29) is 0 Å². The van der Waals surface area contributed by atoms with Crippen molar-refractivity contribution in [3.63, 3.8) is 0 Å². The van der Waals surface area contributed by atoms with Crippen molar-refractivity contribution in [3.05, 3.63) is 34.3 Å². The van der Waals surface area contributed by atoms with Crippen LogP contribution in [0.4, 0.5) is 0 Å². The quantitative estimate of drug-likeness (QED) is 0.787. The molecule has 0 aliphatic carbocycles. The summed E-state index contributed by atoms with van der Waals surface area (Å²) in [5.41, 5.74) is 1.41. The second-order valence-corrected chi connectivity index (χ2v) is 6.62. The Balaban J connectivity index is 2.37. The lowest BCUT2D eigenvalue weighted by Crippen LogP contribution is -2.35. The first-order chi connectivity index (χ1) is 9.02. The maximum Gasteiger partial charge on any atom is 0.0175 e. The van der Waals surface area contributed by atoms with Crippen molar-refractivity contribution in [3.8, 4) is 0 Å². The van der Waals surface area contributed by atoms with Gasteiger partial charge in [-0.05, 0) is 56.6 Å². The van der Waals surface area contributed by atoms with E-state index >= 15 is 0 Å². The molecule has 1 aromatic rings. The number of nitrogens with zero attached hydrogens (tertiary/aromatic N) is 1. The van der Waals surface area contributed by atoms with Gasteiger partial charge in [0.2, 0.25) is 0 Å². The van der Waals surface area contributed by atoms with Gasteiger partial charge in [-0.3, -0.25) is 0 Å². The Kier molecular flexibility index (Phi) is 7.66. The Morgan fingerprint density at radius 1 is 1.21 bits per heavy atom. The highest BCUT2D eigenvalue weighted by molar-refractivity contribution is 9.10. The molecule has 0 fully saturated rings. The Morgan fingerprint density at radius 2 is 1.84 bits per heavy atom. The highest BCUT2D eigenvalue weighted by Gasteiger charge is 2.14. The van der Waals surface area contributed by atoms with Gasteiger partial charge in [-0.15, -0.1) is 0 Å². The van der Waals surface area contributed by atoms with E-state index in [9.17, 15) is 0 Å². The summed E-state index contributed by atoms with van der Waals surface area (Å²) in [5, 5.41) is 3.30. The molecule has 0 heterocycles. The zero-order valence-corrected chi connectivity index (χ0v) is 14.2. The summed E-state index contributed by atoms with van der Waals surface area (Å²) in [7, 11) is 4.26. The molecule has 0 saturated carbocycles. The standard InChI is InChI=1S/C16H27BrN2/c1-13(2)15(11-18-3)12-19(4)10-9-14-5-7-16(17)8-6-14/h5-8,13,15,18H,9-12H2,1-4H3. The molecule has 0 aromatic heterocycles. The van der Waals surface area contributed by atoms with Gasteiger partial charge in [0.15, 0.2) is 0 Å². The summed E-state index contributed by atoms with van der Waals surface area (Å²) in [6.07, 6.45) is 1.12. The van der Waals surface area contributed by atoms with Crippen LogP contribution in [0.5, 0.6) is 0 Å². The highest BCUT2D eigenvalue weighted by Crippen LogP contribution is 2.13. The van der Waals surface area contributed by atoms with Crippen molar-refractivity contribution in [2.24, 2.45) is 11.8 Å². The summed E-state index contributed by atoms with van der Waals surface area (Å²) < 4.78 is 1.15. The summed E-state index contributed by atoms with van der Waals surface area (Å²) in [5.74, 6) is 1.45. The first kappa shape index (κ1) is 16.7. The zero-order valence-electron chi connectivity index (χ0n) is 12.6. The largest absolute Gasteiger partial charge is 0.319 e. The van der Waals surface area contributed by atoms with Crippen LogP contribution in [0, 0.1) is 11.8 Å². The number of rotatable bonds is 8. The third-order valence-electron chi connectivity index (χ3n) is 3.65. The van der Waals surface area contributed by atoms with Crippen LogP contribution in [0.1, 0.15) is 19.4 Å². The molecule has 1 N–H and O–H groups in total. The van der Waals surface area contributed by atoms with Crippen molar-refractivity contribution in [1.82, 2.24) is 10.2 Å². The van der Waals surface area contributed by atoms with Gasteiger partial charge >= 0.3 is 0 Å². The Hall–Kier alpha value is -0.380. The van der Waals surface area contributed by atoms with Crippen molar-refractivity contribution in [2.75, 3.05) is 33.7 Å². The summed E-state index contributed by atoms with van der Waals surface area (Å²) in [6, 6.07) is 8.64. The first-order valence-corrected chi connectivity index (χ1v) is 7.89. The Bertz CT molecular complexity index is 348. The maximum atomic E-state index is 3.47. The van der Waals surface area contributed by atoms with Crippen LogP contribution >= 0.6 is 15.9 Å². The highest BCUT2D eigenvalue weighted by atomic mass is 79.9. The summed E-state index contributed by atoms with van der Waals surface area (Å²) in [6.45, 7) is 8.00. The van der Waals surface area contributed by atoms with E-state index in [1.54, 1.807) is 0 Å². The maximum absolute atomic E-state index is 3.47. The lowest BCUT2D eigenvalue weighted by atomic mass is 9.95. The van der Waals surface area contributed by atoms with E-state index in [1.165, 1.54) is 5.56 Å². The van der Waals surface area contributed by atoms with Crippen LogP contribution in [-0.4, -0.2) is 38.6 Å². The van der Waals surface area contributed by atoms with Gasteiger partial charge in [-0.25, -0.2) is 0 Å². The molecule has 0 saturated heterocycles. The van der Waals surface area contributed by atoms with Gasteiger partial charge in [0.25, 0.3) is 0 Å². The minimum Gasteiger partial charge on any atom is -0.319 e. The lowest BCUT2D eigenvalue weighted by Gasteiger charge is -2.26. The molecular formula is C16H27BrN2. The number of hydrogen-bond donors (Lipinski definition) is 1. The SMILES string of the molecule is CNCC(CN(C)CCc1ccc(Br)cc1)C(C)C. The van der Waals surface area contributed by atoms with E-state index in [1.807, 2.05) is 7.05 Å². The Labute approximate surface area is 126 Å². The molecule has 1 atom stereocenters. The molecule has 0 aliphatic rings. The number of hydrogen-bond acceptors (Lipinski definition) is 2. The molecule has 0 bridgehead atoms. The molecular weight excluding hydrogens is 300 g/mol. The van der Waals surface area contributed by atoms with E-state index in [4.69, 9.17) is 0 Å². The fourth-order valence-corrected chi connectivity index (χ4v) is 2.50. The van der Waals surface area contributed by atoms with Crippen LogP contribution in [0.25, 0.3) is 0 Å². The van der Waals surface area contributed by atoms with Gasteiger partial charge < -0.3 is 10.2 Å². The summed E-state index contributed by atoms with van der Waals surface area (Å²) in [4.78, 5) is 2.45. The van der Waals surface area contributed by atoms with Gasteiger partial charge in [-0.2, -0.15) is 0 Å². The van der Waals surface area contributed by atoms with E-state index in [0.717, 1.165) is 42.4 Å². The fourth-order valence-electron chi connectivity index (χ4n) is 2.24. The Morgan fingerprint density at radius 3 is 2.37 bits per heavy atom. The van der Waals surface area contributed by atoms with Crippen molar-refractivity contribution in [1.29, 1.82) is 0 Å². The smallest absolute Gasteiger partial charge is 0.0175 e. The van der Waals surface area contributed by atoms with E-state index in [2.05, 4.69) is 71.3 Å². The number of nitrogens with one attached hydrogen (secondary N) is 1. The molecule has 1 rings (SSSR count). The van der Waals surface area contributed by atoms with Gasteiger partial charge in [0.1, 0.15) is 0 Å². The molecule has 0 radical (unpaired) electrons. The number of benzene rings is 1. The molecule has 0 spiro atoms. The second-order valence-electron chi connectivity index (χ2n) is 5.70. The van der Waals surface area contributed by atoms with Crippen molar-refractivity contribution >= 4 is 15.9 Å². The zero-order chi connectivity index (χ0) is 14.3. The minimum atomic E-state index is 0.722. The predicted molar refractivity (Wildman–Crippen MR) is 87.6 cm³/mol. The van der Waals surface area contributed by atoms with Crippen LogP contribution in [0.15, 0.2) is 28.7 Å².